The highest BCUT2D eigenvalue weighted by molar-refractivity contribution is 7.89. The number of aliphatic carboxylic acids is 1. The van der Waals surface area contributed by atoms with E-state index in [0.29, 0.717) is 0 Å². The number of aromatic nitrogens is 1. The molecule has 0 saturated carbocycles. The molecule has 0 aliphatic carbocycles. The van der Waals surface area contributed by atoms with Crippen molar-refractivity contribution < 1.29 is 31.5 Å². The molecule has 0 amide bonds. The maximum Gasteiger partial charge on any atom is 0.416 e. The average Bonchev–Trinajstić information content (AvgIpc) is 2.91. The lowest BCUT2D eigenvalue weighted by Gasteiger charge is -2.34. The first-order valence-electron chi connectivity index (χ1n) is 12.5. The third-order valence-electron chi connectivity index (χ3n) is 7.34. The topological polar surface area (TPSA) is 96.7 Å². The number of halogens is 3. The summed E-state index contributed by atoms with van der Waals surface area (Å²) in [5.41, 5.74) is -0.831. The van der Waals surface area contributed by atoms with Crippen LogP contribution in [0.1, 0.15) is 35.2 Å². The van der Waals surface area contributed by atoms with Crippen LogP contribution in [-0.2, 0) is 33.8 Å². The summed E-state index contributed by atoms with van der Waals surface area (Å²) < 4.78 is 70.4. The Kier molecular flexibility index (Phi) is 6.83. The summed E-state index contributed by atoms with van der Waals surface area (Å²) in [6.07, 6.45) is -4.58. The van der Waals surface area contributed by atoms with Gasteiger partial charge in [-0.2, -0.15) is 17.5 Å². The van der Waals surface area contributed by atoms with Crippen LogP contribution in [0.25, 0.3) is 21.9 Å². The number of likely N-dealkylation sites (N-methyl/N-ethyl adjacent to an activating group) is 1. The van der Waals surface area contributed by atoms with Gasteiger partial charge in [0.1, 0.15) is 6.04 Å². The molecule has 1 aliphatic rings. The summed E-state index contributed by atoms with van der Waals surface area (Å²) in [6.45, 7) is 1.17. The molecule has 208 valence electrons. The molecule has 7 nitrogen and oxygen atoms in total. The molecular weight excluding hydrogens is 545 g/mol. The Morgan fingerprint density at radius 2 is 1.70 bits per heavy atom. The summed E-state index contributed by atoms with van der Waals surface area (Å²) >= 11 is 0. The number of carboxylic acid groups (broad SMARTS) is 1. The van der Waals surface area contributed by atoms with E-state index in [1.54, 1.807) is 6.92 Å². The van der Waals surface area contributed by atoms with Crippen LogP contribution in [0, 0.1) is 0 Å². The minimum Gasteiger partial charge on any atom is -0.480 e. The number of fused-ring (bicyclic) bond motifs is 2. The zero-order chi connectivity index (χ0) is 29.0. The van der Waals surface area contributed by atoms with Crippen LogP contribution in [0.2, 0.25) is 0 Å². The molecule has 0 bridgehead atoms. The van der Waals surface area contributed by atoms with Gasteiger partial charge < -0.3 is 5.11 Å². The fourth-order valence-electron chi connectivity index (χ4n) is 5.41. The van der Waals surface area contributed by atoms with Crippen LogP contribution in [0.3, 0.4) is 0 Å². The van der Waals surface area contributed by atoms with E-state index in [4.69, 9.17) is 0 Å². The first kappa shape index (κ1) is 27.6. The number of nitrogens with zero attached hydrogens (tertiary/aromatic N) is 2. The number of rotatable bonds is 5. The predicted molar refractivity (Wildman–Crippen MR) is 144 cm³/mol. The minimum atomic E-state index is -4.72. The average molecular weight is 571 g/mol. The molecule has 1 unspecified atom stereocenters. The molecular formula is C29H25F3N2O5S. The third-order valence-corrected chi connectivity index (χ3v) is 9.20. The van der Waals surface area contributed by atoms with Crippen molar-refractivity contribution in [1.29, 1.82) is 0 Å². The van der Waals surface area contributed by atoms with Crippen molar-refractivity contribution in [1.82, 2.24) is 8.87 Å². The van der Waals surface area contributed by atoms with Gasteiger partial charge >= 0.3 is 12.1 Å². The lowest BCUT2D eigenvalue weighted by atomic mass is 9.89. The van der Waals surface area contributed by atoms with E-state index in [2.05, 4.69) is 0 Å². The second kappa shape index (κ2) is 9.90. The van der Waals surface area contributed by atoms with Crippen molar-refractivity contribution in [3.05, 3.63) is 99.3 Å². The summed E-state index contributed by atoms with van der Waals surface area (Å²) in [4.78, 5) is 26.1. The first-order valence-corrected chi connectivity index (χ1v) is 13.9. The summed E-state index contributed by atoms with van der Waals surface area (Å²) in [6, 6.07) is 15.6. The molecule has 4 aromatic rings. The lowest BCUT2D eigenvalue weighted by Crippen LogP contribution is -2.49. The van der Waals surface area contributed by atoms with E-state index in [1.807, 2.05) is 42.5 Å². The zero-order valence-electron chi connectivity index (χ0n) is 21.6. The van der Waals surface area contributed by atoms with Gasteiger partial charge in [0.05, 0.1) is 5.56 Å². The van der Waals surface area contributed by atoms with Crippen LogP contribution < -0.4 is 5.56 Å². The number of pyridine rings is 1. The van der Waals surface area contributed by atoms with Gasteiger partial charge in [0.2, 0.25) is 0 Å². The fraction of sp³-hybridized carbons (Fsp3) is 0.241. The number of alkyl halides is 3. The molecule has 1 atom stereocenters. The Labute approximate surface area is 228 Å². The number of hydrogen-bond donors (Lipinski definition) is 1. The summed E-state index contributed by atoms with van der Waals surface area (Å²) in [5, 5.41) is 11.1. The Morgan fingerprint density at radius 3 is 2.38 bits per heavy atom. The Morgan fingerprint density at radius 1 is 1.02 bits per heavy atom. The second-order valence-corrected chi connectivity index (χ2v) is 11.7. The van der Waals surface area contributed by atoms with E-state index < -0.39 is 50.9 Å². The van der Waals surface area contributed by atoms with Crippen LogP contribution in [-0.4, -0.2) is 42.0 Å². The largest absolute Gasteiger partial charge is 0.480 e. The molecule has 2 heterocycles. The zero-order valence-corrected chi connectivity index (χ0v) is 22.4. The number of hydrogen-bond acceptors (Lipinski definition) is 4. The Bertz CT molecular complexity index is 1820. The van der Waals surface area contributed by atoms with Gasteiger partial charge in [0.15, 0.2) is 5.03 Å². The first-order chi connectivity index (χ1) is 18.9. The highest BCUT2D eigenvalue weighted by Gasteiger charge is 2.43. The van der Waals surface area contributed by atoms with E-state index in [0.717, 1.165) is 37.3 Å². The van der Waals surface area contributed by atoms with E-state index in [-0.39, 0.29) is 35.1 Å². The SMILES string of the molecule is CCc1c(Cc2cccc3ccccc23)c(-c2cccc(C(F)(F)F)c2)c2n(c1=O)C(C(=O)O)CN(C)S2(=O)=O. The van der Waals surface area contributed by atoms with Gasteiger partial charge in [0, 0.05) is 24.7 Å². The van der Waals surface area contributed by atoms with Gasteiger partial charge in [0.25, 0.3) is 15.6 Å². The van der Waals surface area contributed by atoms with Gasteiger partial charge in [-0.25, -0.2) is 13.2 Å². The molecule has 11 heteroatoms. The van der Waals surface area contributed by atoms with Gasteiger partial charge in [-0.15, -0.1) is 0 Å². The van der Waals surface area contributed by atoms with Gasteiger partial charge in [-0.05, 0) is 52.4 Å². The van der Waals surface area contributed by atoms with Gasteiger partial charge in [-0.1, -0.05) is 61.5 Å². The molecule has 3 aromatic carbocycles. The maximum absolute atomic E-state index is 13.9. The quantitative estimate of drug-likeness (QED) is 0.360. The highest BCUT2D eigenvalue weighted by Crippen LogP contribution is 2.41. The molecule has 0 saturated heterocycles. The standard InChI is InChI=1S/C29H25F3N2O5S/c1-3-21-23(15-18-10-6-9-17-8-4-5-13-22(17)18)25(19-11-7-12-20(14-19)29(30,31)32)27-34(26(21)35)24(28(36)37)16-33(2)40(27,38)39/h4-14,24H,3,15-16H2,1-2H3,(H,36,37). The second-order valence-electron chi connectivity index (χ2n) is 9.70. The Hall–Kier alpha value is -3.96. The summed E-state index contributed by atoms with van der Waals surface area (Å²) in [5.74, 6) is -1.43. The normalized spacial score (nSPS) is 17.1. The molecule has 1 aromatic heterocycles. The monoisotopic (exact) mass is 570 g/mol. The molecule has 0 spiro atoms. The Balaban J connectivity index is 1.95. The fourth-order valence-corrected chi connectivity index (χ4v) is 7.00. The van der Waals surface area contributed by atoms with Crippen molar-refractivity contribution in [3.63, 3.8) is 0 Å². The van der Waals surface area contributed by atoms with Crippen molar-refractivity contribution in [2.75, 3.05) is 13.6 Å². The molecule has 5 rings (SSSR count). The summed E-state index contributed by atoms with van der Waals surface area (Å²) in [7, 11) is -3.28. The molecule has 1 aliphatic heterocycles. The van der Waals surface area contributed by atoms with Crippen molar-refractivity contribution in [2.24, 2.45) is 0 Å². The molecule has 1 N–H and O–H groups in total. The minimum absolute atomic E-state index is 0.0379. The number of sulfonamides is 1. The van der Waals surface area contributed by atoms with E-state index >= 15 is 0 Å². The number of benzene rings is 3. The lowest BCUT2D eigenvalue weighted by molar-refractivity contribution is -0.141. The van der Waals surface area contributed by atoms with Crippen LogP contribution >= 0.6 is 0 Å². The maximum atomic E-state index is 13.9. The molecule has 40 heavy (non-hydrogen) atoms. The van der Waals surface area contributed by atoms with E-state index in [9.17, 15) is 36.3 Å². The van der Waals surface area contributed by atoms with Crippen LogP contribution in [0.4, 0.5) is 13.2 Å². The van der Waals surface area contributed by atoms with Crippen molar-refractivity contribution in [2.45, 2.75) is 37.0 Å². The van der Waals surface area contributed by atoms with Crippen molar-refractivity contribution in [3.8, 4) is 11.1 Å². The molecule has 0 fully saturated rings. The van der Waals surface area contributed by atoms with Crippen LogP contribution in [0.5, 0.6) is 0 Å². The highest BCUT2D eigenvalue weighted by atomic mass is 32.2. The number of carboxylic acids is 1. The van der Waals surface area contributed by atoms with Gasteiger partial charge in [-0.3, -0.25) is 9.36 Å². The third kappa shape index (κ3) is 4.48. The van der Waals surface area contributed by atoms with Crippen molar-refractivity contribution >= 4 is 26.8 Å². The van der Waals surface area contributed by atoms with Crippen LogP contribution in [0.15, 0.2) is 76.6 Å². The number of carbonyl (C=O) groups is 1. The smallest absolute Gasteiger partial charge is 0.416 e. The molecule has 0 radical (unpaired) electrons. The predicted octanol–water partition coefficient (Wildman–Crippen LogP) is 5.10. The van der Waals surface area contributed by atoms with E-state index in [1.165, 1.54) is 19.2 Å².